The third-order valence-corrected chi connectivity index (χ3v) is 4.46. The first-order valence-corrected chi connectivity index (χ1v) is 8.18. The highest BCUT2D eigenvalue weighted by Crippen LogP contribution is 2.29. The van der Waals surface area contributed by atoms with Gasteiger partial charge in [0.25, 0.3) is 5.69 Å². The molecular formula is C16H15N5O3S. The Morgan fingerprint density at radius 1 is 1.32 bits per heavy atom. The first-order valence-electron chi connectivity index (χ1n) is 7.37. The minimum Gasteiger partial charge on any atom is -0.378 e. The van der Waals surface area contributed by atoms with Crippen LogP contribution < -0.4 is 5.32 Å². The number of rotatable bonds is 6. The zero-order valence-electron chi connectivity index (χ0n) is 13.6. The van der Waals surface area contributed by atoms with Crippen LogP contribution in [0.4, 0.5) is 17.3 Å². The maximum Gasteiger partial charge on any atom is 0.271 e. The third-order valence-electron chi connectivity index (χ3n) is 3.31. The lowest BCUT2D eigenvalue weighted by Gasteiger charge is -2.06. The van der Waals surface area contributed by atoms with Crippen molar-refractivity contribution in [3.05, 3.63) is 57.3 Å². The van der Waals surface area contributed by atoms with Crippen molar-refractivity contribution in [3.8, 4) is 10.6 Å². The Morgan fingerprint density at radius 2 is 2.16 bits per heavy atom. The van der Waals surface area contributed by atoms with Crippen LogP contribution in [-0.2, 0) is 11.3 Å². The molecular weight excluding hydrogens is 342 g/mol. The molecule has 0 unspecified atom stereocenters. The number of nitrogens with one attached hydrogen (secondary N) is 1. The number of benzene rings is 1. The molecule has 128 valence electrons. The predicted molar refractivity (Wildman–Crippen MR) is 95.0 cm³/mol. The molecule has 0 radical (unpaired) electrons. The van der Waals surface area contributed by atoms with E-state index in [-0.39, 0.29) is 5.69 Å². The molecule has 0 atom stereocenters. The molecule has 0 saturated carbocycles. The molecule has 2 heterocycles. The molecule has 3 rings (SSSR count). The van der Waals surface area contributed by atoms with Gasteiger partial charge in [-0.15, -0.1) is 11.3 Å². The maximum absolute atomic E-state index is 10.9. The number of aromatic nitrogens is 3. The van der Waals surface area contributed by atoms with Crippen molar-refractivity contribution in [2.45, 2.75) is 13.5 Å². The lowest BCUT2D eigenvalue weighted by Crippen LogP contribution is -1.98. The fourth-order valence-electron chi connectivity index (χ4n) is 2.25. The number of aryl methyl sites for hydroxylation is 1. The van der Waals surface area contributed by atoms with Gasteiger partial charge < -0.3 is 10.1 Å². The zero-order valence-corrected chi connectivity index (χ0v) is 14.4. The summed E-state index contributed by atoms with van der Waals surface area (Å²) in [5, 5.41) is 14.7. The van der Waals surface area contributed by atoms with Crippen molar-refractivity contribution < 1.29 is 9.66 Å². The standard InChI is InChI=1S/C16H15N5O3S/c1-10-15(25-14(18-10)9-24-2)13-6-7-17-16(20-13)19-11-4-3-5-12(8-11)21(22)23/h3-8H,9H2,1-2H3,(H,17,19,20). The molecule has 0 fully saturated rings. The molecule has 0 amide bonds. The minimum absolute atomic E-state index is 0.00339. The highest BCUT2D eigenvalue weighted by molar-refractivity contribution is 7.15. The van der Waals surface area contributed by atoms with Crippen LogP contribution in [-0.4, -0.2) is 27.0 Å². The minimum atomic E-state index is -0.444. The molecule has 0 aliphatic heterocycles. The van der Waals surface area contributed by atoms with Crippen LogP contribution in [0.25, 0.3) is 10.6 Å². The number of hydrogen-bond donors (Lipinski definition) is 1. The predicted octanol–water partition coefficient (Wildman–Crippen LogP) is 3.71. The highest BCUT2D eigenvalue weighted by atomic mass is 32.1. The molecule has 0 bridgehead atoms. The van der Waals surface area contributed by atoms with Crippen LogP contribution in [0.3, 0.4) is 0 Å². The Kier molecular flexibility index (Phi) is 4.96. The number of non-ortho nitro benzene ring substituents is 1. The van der Waals surface area contributed by atoms with Crippen molar-refractivity contribution >= 4 is 28.7 Å². The second-order valence-corrected chi connectivity index (χ2v) is 6.24. The summed E-state index contributed by atoms with van der Waals surface area (Å²) in [5.74, 6) is 0.360. The molecule has 9 heteroatoms. The van der Waals surface area contributed by atoms with Crippen molar-refractivity contribution in [1.29, 1.82) is 0 Å². The number of hydrogen-bond acceptors (Lipinski definition) is 8. The van der Waals surface area contributed by atoms with Gasteiger partial charge in [0.15, 0.2) is 0 Å². The Bertz CT molecular complexity index is 912. The largest absolute Gasteiger partial charge is 0.378 e. The average molecular weight is 357 g/mol. The summed E-state index contributed by atoms with van der Waals surface area (Å²) in [6, 6.07) is 7.99. The molecule has 8 nitrogen and oxygen atoms in total. The van der Waals surface area contributed by atoms with Gasteiger partial charge in [-0.25, -0.2) is 15.0 Å². The zero-order chi connectivity index (χ0) is 17.8. The summed E-state index contributed by atoms with van der Waals surface area (Å²) in [7, 11) is 1.63. The molecule has 0 aliphatic carbocycles. The van der Waals surface area contributed by atoms with Crippen molar-refractivity contribution in [3.63, 3.8) is 0 Å². The van der Waals surface area contributed by atoms with Crippen molar-refractivity contribution in [2.24, 2.45) is 0 Å². The van der Waals surface area contributed by atoms with E-state index in [1.807, 2.05) is 6.92 Å². The average Bonchev–Trinajstić information content (AvgIpc) is 2.96. The molecule has 0 spiro atoms. The quantitative estimate of drug-likeness (QED) is 0.530. The van der Waals surface area contributed by atoms with Crippen LogP contribution in [0.5, 0.6) is 0 Å². The number of nitro groups is 1. The molecule has 3 aromatic rings. The summed E-state index contributed by atoms with van der Waals surface area (Å²) >= 11 is 1.52. The van der Waals surface area contributed by atoms with E-state index >= 15 is 0 Å². The number of nitrogens with zero attached hydrogens (tertiary/aromatic N) is 4. The lowest BCUT2D eigenvalue weighted by molar-refractivity contribution is -0.384. The second kappa shape index (κ2) is 7.32. The van der Waals surface area contributed by atoms with Crippen LogP contribution in [0.2, 0.25) is 0 Å². The molecule has 0 saturated heterocycles. The van der Waals surface area contributed by atoms with Crippen LogP contribution in [0.15, 0.2) is 36.5 Å². The summed E-state index contributed by atoms with van der Waals surface area (Å²) in [5.41, 5.74) is 2.16. The topological polar surface area (TPSA) is 103 Å². The lowest BCUT2D eigenvalue weighted by atomic mass is 10.3. The Morgan fingerprint density at radius 3 is 2.92 bits per heavy atom. The number of methoxy groups -OCH3 is 1. The summed E-state index contributed by atoms with van der Waals surface area (Å²) in [4.78, 5) is 24.5. The molecule has 2 aromatic heterocycles. The third kappa shape index (κ3) is 3.95. The van der Waals surface area contributed by atoms with Gasteiger partial charge in [0.05, 0.1) is 27.8 Å². The van der Waals surface area contributed by atoms with E-state index in [9.17, 15) is 10.1 Å². The highest BCUT2D eigenvalue weighted by Gasteiger charge is 2.12. The summed E-state index contributed by atoms with van der Waals surface area (Å²) < 4.78 is 5.11. The molecule has 1 aromatic carbocycles. The second-order valence-electron chi connectivity index (χ2n) is 5.15. The van der Waals surface area contributed by atoms with Crippen molar-refractivity contribution in [1.82, 2.24) is 15.0 Å². The maximum atomic E-state index is 10.9. The fraction of sp³-hybridized carbons (Fsp3) is 0.188. The van der Waals surface area contributed by atoms with Gasteiger partial charge in [-0.05, 0) is 19.1 Å². The van der Waals surface area contributed by atoms with Gasteiger partial charge in [0.2, 0.25) is 5.95 Å². The summed E-state index contributed by atoms with van der Waals surface area (Å²) in [6.45, 7) is 2.37. The van der Waals surface area contributed by atoms with E-state index in [0.717, 1.165) is 21.3 Å². The normalized spacial score (nSPS) is 10.6. The number of ether oxygens (including phenoxy) is 1. The molecule has 1 N–H and O–H groups in total. The Balaban J connectivity index is 1.87. The summed E-state index contributed by atoms with van der Waals surface area (Å²) in [6.07, 6.45) is 1.64. The van der Waals surface area contributed by atoms with Crippen molar-refractivity contribution in [2.75, 3.05) is 12.4 Å². The fourth-order valence-corrected chi connectivity index (χ4v) is 3.25. The van der Waals surface area contributed by atoms with E-state index in [2.05, 4.69) is 20.3 Å². The SMILES string of the molecule is COCc1nc(C)c(-c2ccnc(Nc3cccc([N+](=O)[O-])c3)n2)s1. The van der Waals surface area contributed by atoms with E-state index < -0.39 is 4.92 Å². The van der Waals surface area contributed by atoms with Gasteiger partial charge in [-0.2, -0.15) is 0 Å². The van der Waals surface area contributed by atoms with Gasteiger partial charge in [0.1, 0.15) is 5.01 Å². The van der Waals surface area contributed by atoms with Gasteiger partial charge in [0, 0.05) is 31.1 Å². The number of thiazole rings is 1. The van der Waals surface area contributed by atoms with E-state index in [1.54, 1.807) is 31.5 Å². The monoisotopic (exact) mass is 357 g/mol. The Labute approximate surface area is 147 Å². The van der Waals surface area contributed by atoms with Gasteiger partial charge in [-0.1, -0.05) is 6.07 Å². The van der Waals surface area contributed by atoms with E-state index in [1.165, 1.54) is 23.5 Å². The van der Waals surface area contributed by atoms with Crippen LogP contribution in [0, 0.1) is 17.0 Å². The Hall–Kier alpha value is -2.91. The van der Waals surface area contributed by atoms with Crippen LogP contribution >= 0.6 is 11.3 Å². The van der Waals surface area contributed by atoms with E-state index in [0.29, 0.717) is 18.2 Å². The molecule has 25 heavy (non-hydrogen) atoms. The first kappa shape index (κ1) is 16.9. The number of nitro benzene ring substituents is 1. The smallest absolute Gasteiger partial charge is 0.271 e. The van der Waals surface area contributed by atoms with Crippen LogP contribution in [0.1, 0.15) is 10.7 Å². The van der Waals surface area contributed by atoms with E-state index in [4.69, 9.17) is 4.74 Å². The first-order chi connectivity index (χ1) is 12.1. The van der Waals surface area contributed by atoms with Gasteiger partial charge >= 0.3 is 0 Å². The molecule has 0 aliphatic rings. The van der Waals surface area contributed by atoms with Gasteiger partial charge in [-0.3, -0.25) is 10.1 Å². The number of anilines is 2.